The number of hydrogen-bond acceptors (Lipinski definition) is 3. The van der Waals surface area contributed by atoms with E-state index in [9.17, 15) is 4.79 Å². The lowest BCUT2D eigenvalue weighted by atomic mass is 9.99. The Hall–Kier alpha value is -2.62. The van der Waals surface area contributed by atoms with Crippen molar-refractivity contribution >= 4 is 17.3 Å². The topological polar surface area (TPSA) is 52.9 Å². The first-order valence-corrected chi connectivity index (χ1v) is 6.48. The lowest BCUT2D eigenvalue weighted by Gasteiger charge is -2.29. The number of rotatable bonds is 1. The predicted molar refractivity (Wildman–Crippen MR) is 77.5 cm³/mol. The smallest absolute Gasteiger partial charge is 0.258 e. The Bertz CT molecular complexity index is 665. The van der Waals surface area contributed by atoms with Gasteiger partial charge in [0.1, 0.15) is 0 Å². The van der Waals surface area contributed by atoms with E-state index in [0.717, 1.165) is 11.3 Å². The highest BCUT2D eigenvalue weighted by Gasteiger charge is 2.26. The molecule has 0 bridgehead atoms. The Kier molecular flexibility index (Phi) is 3.21. The fourth-order valence-electron chi connectivity index (χ4n) is 2.48. The number of carbonyl (C=O) groups is 1. The molecule has 0 aliphatic carbocycles. The van der Waals surface area contributed by atoms with Gasteiger partial charge in [-0.15, -0.1) is 0 Å². The number of oxime groups is 1. The molecular weight excluding hydrogens is 252 g/mol. The number of carbonyl (C=O) groups excluding carboxylic acids is 1. The Morgan fingerprint density at radius 3 is 2.50 bits per heavy atom. The fraction of sp³-hybridized carbons (Fsp3) is 0.125. The number of nitrogens with zero attached hydrogens (tertiary/aromatic N) is 2. The molecule has 0 saturated heterocycles. The molecule has 2 aromatic rings. The largest absolute Gasteiger partial charge is 0.411 e. The molecule has 1 heterocycles. The van der Waals surface area contributed by atoms with Crippen LogP contribution in [0.3, 0.4) is 0 Å². The minimum Gasteiger partial charge on any atom is -0.411 e. The maximum Gasteiger partial charge on any atom is 0.258 e. The van der Waals surface area contributed by atoms with Crippen LogP contribution >= 0.6 is 0 Å². The third kappa shape index (κ3) is 2.05. The zero-order valence-corrected chi connectivity index (χ0v) is 10.9. The number of hydrogen-bond donors (Lipinski definition) is 1. The van der Waals surface area contributed by atoms with Gasteiger partial charge in [0.2, 0.25) is 0 Å². The number of para-hydroxylation sites is 1. The summed E-state index contributed by atoms with van der Waals surface area (Å²) in [4.78, 5) is 14.3. The van der Waals surface area contributed by atoms with E-state index in [-0.39, 0.29) is 5.91 Å². The average Bonchev–Trinajstić information content (AvgIpc) is 2.54. The summed E-state index contributed by atoms with van der Waals surface area (Å²) in [6.45, 7) is 0.518. The summed E-state index contributed by atoms with van der Waals surface area (Å²) in [6, 6.07) is 16.7. The Morgan fingerprint density at radius 1 is 1.05 bits per heavy atom. The van der Waals surface area contributed by atoms with E-state index in [1.807, 2.05) is 42.5 Å². The fourth-order valence-corrected chi connectivity index (χ4v) is 2.48. The molecule has 0 fully saturated rings. The number of amides is 1. The molecule has 1 aliphatic heterocycles. The minimum absolute atomic E-state index is 0.0324. The molecule has 0 unspecified atom stereocenters. The van der Waals surface area contributed by atoms with Crippen molar-refractivity contribution in [3.05, 3.63) is 65.7 Å². The van der Waals surface area contributed by atoms with E-state index in [4.69, 9.17) is 5.21 Å². The monoisotopic (exact) mass is 266 g/mol. The van der Waals surface area contributed by atoms with Gasteiger partial charge in [0.15, 0.2) is 0 Å². The van der Waals surface area contributed by atoms with Crippen LogP contribution in [0.4, 0.5) is 5.69 Å². The average molecular weight is 266 g/mol. The third-order valence-corrected chi connectivity index (χ3v) is 3.46. The standard InChI is InChI=1S/C16H14N2O2/c19-16(12-6-2-1-3-7-12)18-11-10-14(17-20)13-8-4-5-9-15(13)18/h1-9,20H,10-11H2. The maximum absolute atomic E-state index is 12.6. The van der Waals surface area contributed by atoms with E-state index < -0.39 is 0 Å². The van der Waals surface area contributed by atoms with Crippen molar-refractivity contribution < 1.29 is 10.0 Å². The SMILES string of the molecule is O=C(c1ccccc1)N1CCC(=NO)c2ccccc21. The first kappa shape index (κ1) is 12.4. The van der Waals surface area contributed by atoms with E-state index in [0.29, 0.717) is 24.2 Å². The lowest BCUT2D eigenvalue weighted by molar-refractivity contribution is 0.0987. The van der Waals surface area contributed by atoms with E-state index >= 15 is 0 Å². The highest BCUT2D eigenvalue weighted by atomic mass is 16.4. The second-order valence-corrected chi connectivity index (χ2v) is 4.64. The summed E-state index contributed by atoms with van der Waals surface area (Å²) in [5.74, 6) is -0.0324. The third-order valence-electron chi connectivity index (χ3n) is 3.46. The molecule has 4 nitrogen and oxygen atoms in total. The van der Waals surface area contributed by atoms with Crippen LogP contribution in [0.5, 0.6) is 0 Å². The first-order valence-electron chi connectivity index (χ1n) is 6.48. The lowest BCUT2D eigenvalue weighted by Crippen LogP contribution is -2.37. The molecule has 0 saturated carbocycles. The summed E-state index contributed by atoms with van der Waals surface area (Å²) in [7, 11) is 0. The van der Waals surface area contributed by atoms with Crippen molar-refractivity contribution in [3.63, 3.8) is 0 Å². The second kappa shape index (κ2) is 5.17. The molecule has 0 aromatic heterocycles. The molecule has 3 rings (SSSR count). The Balaban J connectivity index is 2.02. The quantitative estimate of drug-likeness (QED) is 0.637. The van der Waals surface area contributed by atoms with Crippen molar-refractivity contribution in [2.75, 3.05) is 11.4 Å². The highest BCUT2D eigenvalue weighted by molar-refractivity contribution is 6.14. The zero-order valence-electron chi connectivity index (χ0n) is 10.9. The van der Waals surface area contributed by atoms with Gasteiger partial charge >= 0.3 is 0 Å². The van der Waals surface area contributed by atoms with Gasteiger partial charge in [-0.3, -0.25) is 4.79 Å². The van der Waals surface area contributed by atoms with Gasteiger partial charge < -0.3 is 10.1 Å². The Morgan fingerprint density at radius 2 is 1.75 bits per heavy atom. The molecule has 100 valence electrons. The maximum atomic E-state index is 12.6. The number of fused-ring (bicyclic) bond motifs is 1. The van der Waals surface area contributed by atoms with E-state index in [1.165, 1.54) is 0 Å². The van der Waals surface area contributed by atoms with Gasteiger partial charge in [0.25, 0.3) is 5.91 Å². The van der Waals surface area contributed by atoms with Crippen LogP contribution in [0.25, 0.3) is 0 Å². The molecule has 1 amide bonds. The van der Waals surface area contributed by atoms with Crippen molar-refractivity contribution in [2.24, 2.45) is 5.16 Å². The summed E-state index contributed by atoms with van der Waals surface area (Å²) < 4.78 is 0. The molecule has 1 aliphatic rings. The van der Waals surface area contributed by atoms with E-state index in [2.05, 4.69) is 5.16 Å². The van der Waals surface area contributed by atoms with Gasteiger partial charge in [-0.2, -0.15) is 0 Å². The van der Waals surface area contributed by atoms with Gasteiger partial charge in [0.05, 0.1) is 11.4 Å². The first-order chi connectivity index (χ1) is 9.81. The minimum atomic E-state index is -0.0324. The number of anilines is 1. The molecule has 2 aromatic carbocycles. The van der Waals surface area contributed by atoms with Crippen molar-refractivity contribution in [1.82, 2.24) is 0 Å². The molecular formula is C16H14N2O2. The van der Waals surface area contributed by atoms with Crippen LogP contribution in [0.15, 0.2) is 59.8 Å². The summed E-state index contributed by atoms with van der Waals surface area (Å²) in [6.07, 6.45) is 0.548. The predicted octanol–water partition coefficient (Wildman–Crippen LogP) is 2.92. The molecule has 0 spiro atoms. The summed E-state index contributed by atoms with van der Waals surface area (Å²) >= 11 is 0. The van der Waals surface area contributed by atoms with Crippen LogP contribution < -0.4 is 4.90 Å². The molecule has 20 heavy (non-hydrogen) atoms. The van der Waals surface area contributed by atoms with Crippen LogP contribution in [-0.4, -0.2) is 23.4 Å². The van der Waals surface area contributed by atoms with Crippen molar-refractivity contribution in [3.8, 4) is 0 Å². The van der Waals surface area contributed by atoms with E-state index in [1.54, 1.807) is 17.0 Å². The van der Waals surface area contributed by atoms with Gasteiger partial charge in [-0.1, -0.05) is 41.6 Å². The summed E-state index contributed by atoms with van der Waals surface area (Å²) in [5, 5.41) is 12.4. The van der Waals surface area contributed by atoms with Crippen molar-refractivity contribution in [2.45, 2.75) is 6.42 Å². The van der Waals surface area contributed by atoms with Crippen LogP contribution in [0.2, 0.25) is 0 Å². The molecule has 4 heteroatoms. The van der Waals surface area contributed by atoms with Crippen molar-refractivity contribution in [1.29, 1.82) is 0 Å². The van der Waals surface area contributed by atoms with Gasteiger partial charge in [0, 0.05) is 24.1 Å². The number of benzene rings is 2. The van der Waals surface area contributed by atoms with Crippen LogP contribution in [-0.2, 0) is 0 Å². The van der Waals surface area contributed by atoms with Crippen LogP contribution in [0.1, 0.15) is 22.3 Å². The highest BCUT2D eigenvalue weighted by Crippen LogP contribution is 2.28. The molecule has 0 atom stereocenters. The molecule has 1 N–H and O–H groups in total. The van der Waals surface area contributed by atoms with Gasteiger partial charge in [-0.25, -0.2) is 0 Å². The second-order valence-electron chi connectivity index (χ2n) is 4.64. The van der Waals surface area contributed by atoms with Gasteiger partial charge in [-0.05, 0) is 18.2 Å². The normalized spacial score (nSPS) is 16.0. The van der Waals surface area contributed by atoms with Crippen LogP contribution in [0, 0.1) is 0 Å². The zero-order chi connectivity index (χ0) is 13.9. The molecule has 0 radical (unpaired) electrons. The Labute approximate surface area is 117 Å². The summed E-state index contributed by atoms with van der Waals surface area (Å²) in [5.41, 5.74) is 2.88.